The lowest BCUT2D eigenvalue weighted by Gasteiger charge is -2.18. The Kier molecular flexibility index (Phi) is 13.2. The van der Waals surface area contributed by atoms with Crippen molar-refractivity contribution in [3.05, 3.63) is 47.1 Å². The molecule has 1 aliphatic carbocycles. The van der Waals surface area contributed by atoms with E-state index in [-0.39, 0.29) is 43.4 Å². The fourth-order valence-corrected chi connectivity index (χ4v) is 7.84. The maximum Gasteiger partial charge on any atom is 0.387 e. The molecule has 53 heavy (non-hydrogen) atoms. The third kappa shape index (κ3) is 11.9. The standard InChI is InChI=1S/C37H57F2N5O6Si3/c1-51(2,3)17-14-46-24-42-23-28(21-40-42)33-34-30(22-41-44(36(34)45)26-48-16-19-53(7,8)9)43(25-47-15-18-52(4,5)6)35(33)27-10-13-31(50-37(38)39)32(20-27)49-29-11-12-29/h10,13,20-23,29,37H,11-12,14-19,24-26H2,1-9H3. The van der Waals surface area contributed by atoms with Gasteiger partial charge in [-0.15, -0.1) is 0 Å². The quantitative estimate of drug-likeness (QED) is 0.0610. The Bertz CT molecular complexity index is 1890. The Hall–Kier alpha value is -3.16. The van der Waals surface area contributed by atoms with Crippen LogP contribution < -0.4 is 15.0 Å². The summed E-state index contributed by atoms with van der Waals surface area (Å²) >= 11 is 0. The van der Waals surface area contributed by atoms with Crippen LogP contribution in [0.4, 0.5) is 8.78 Å². The monoisotopic (exact) mass is 789 g/mol. The SMILES string of the molecule is C[Si](C)(C)CCOCn1cc(-c2c(-c3ccc(OC(F)F)c(OC4CC4)c3)n(COCC[Si](C)(C)C)c3cnn(COCC[Si](C)(C)C)c(=O)c23)cn1. The summed E-state index contributed by atoms with van der Waals surface area (Å²) in [6.07, 6.45) is 6.86. The van der Waals surface area contributed by atoms with E-state index in [2.05, 4.69) is 69.1 Å². The second kappa shape index (κ2) is 17.1. The van der Waals surface area contributed by atoms with Gasteiger partial charge in [0, 0.05) is 66.9 Å². The van der Waals surface area contributed by atoms with E-state index in [4.69, 9.17) is 23.7 Å². The van der Waals surface area contributed by atoms with Gasteiger partial charge in [-0.05, 0) is 49.2 Å². The van der Waals surface area contributed by atoms with Gasteiger partial charge in [0.2, 0.25) is 0 Å². The predicted octanol–water partition coefficient (Wildman–Crippen LogP) is 8.81. The van der Waals surface area contributed by atoms with E-state index in [1.165, 1.54) is 10.7 Å². The van der Waals surface area contributed by atoms with Crippen LogP contribution in [0.25, 0.3) is 33.3 Å². The normalized spacial score (nSPS) is 14.1. The highest BCUT2D eigenvalue weighted by Gasteiger charge is 2.29. The lowest BCUT2D eigenvalue weighted by atomic mass is 10.0. The molecule has 3 heterocycles. The van der Waals surface area contributed by atoms with Crippen molar-refractivity contribution in [2.75, 3.05) is 19.8 Å². The maximum absolute atomic E-state index is 14.5. The number of alkyl halides is 2. The second-order valence-electron chi connectivity index (χ2n) is 17.5. The van der Waals surface area contributed by atoms with Gasteiger partial charge in [0.25, 0.3) is 5.56 Å². The highest BCUT2D eigenvalue weighted by Crippen LogP contribution is 2.43. The molecule has 5 rings (SSSR count). The third-order valence-corrected chi connectivity index (χ3v) is 14.0. The molecule has 0 saturated heterocycles. The summed E-state index contributed by atoms with van der Waals surface area (Å²) in [6.45, 7) is 19.7. The highest BCUT2D eigenvalue weighted by molar-refractivity contribution is 6.76. The van der Waals surface area contributed by atoms with E-state index in [0.29, 0.717) is 53.1 Å². The number of benzene rings is 1. The molecular weight excluding hydrogens is 733 g/mol. The number of nitrogens with zero attached hydrogens (tertiary/aromatic N) is 5. The van der Waals surface area contributed by atoms with Crippen molar-refractivity contribution < 1.29 is 32.5 Å². The van der Waals surface area contributed by atoms with Crippen molar-refractivity contribution in [2.45, 2.75) is 123 Å². The minimum absolute atomic E-state index is 0.00908. The number of halogens is 2. The molecule has 1 aromatic carbocycles. The first-order valence-corrected chi connectivity index (χ1v) is 29.6. The molecular formula is C37H57F2N5O6Si3. The Balaban J connectivity index is 1.65. The first-order valence-electron chi connectivity index (χ1n) is 18.5. The van der Waals surface area contributed by atoms with Crippen LogP contribution in [0.3, 0.4) is 0 Å². The van der Waals surface area contributed by atoms with E-state index >= 15 is 0 Å². The van der Waals surface area contributed by atoms with Gasteiger partial charge >= 0.3 is 6.61 Å². The van der Waals surface area contributed by atoms with E-state index < -0.39 is 30.8 Å². The summed E-state index contributed by atoms with van der Waals surface area (Å²) in [5.41, 5.74) is 2.84. The maximum atomic E-state index is 14.5. The molecule has 16 heteroatoms. The zero-order chi connectivity index (χ0) is 38.6. The number of ether oxygens (including phenoxy) is 5. The minimum atomic E-state index is -3.01. The average Bonchev–Trinajstić information content (AvgIpc) is 3.63. The fraction of sp³-hybridized carbons (Fsp3) is 0.595. The summed E-state index contributed by atoms with van der Waals surface area (Å²) < 4.78 is 61.2. The topological polar surface area (TPSA) is 104 Å². The summed E-state index contributed by atoms with van der Waals surface area (Å²) in [4.78, 5) is 14.5. The number of rotatable bonds is 21. The van der Waals surface area contributed by atoms with E-state index in [1.807, 2.05) is 10.8 Å². The predicted molar refractivity (Wildman–Crippen MR) is 213 cm³/mol. The molecule has 0 N–H and O–H groups in total. The molecule has 0 bridgehead atoms. The van der Waals surface area contributed by atoms with E-state index in [9.17, 15) is 13.6 Å². The minimum Gasteiger partial charge on any atom is -0.487 e. The molecule has 0 atom stereocenters. The molecule has 3 aromatic heterocycles. The van der Waals surface area contributed by atoms with Crippen molar-refractivity contribution in [3.8, 4) is 33.9 Å². The molecule has 0 amide bonds. The third-order valence-electron chi connectivity index (χ3n) is 8.89. The molecule has 4 aromatic rings. The Morgan fingerprint density at radius 2 is 1.38 bits per heavy atom. The molecule has 0 spiro atoms. The Morgan fingerprint density at radius 1 is 0.774 bits per heavy atom. The lowest BCUT2D eigenvalue weighted by molar-refractivity contribution is -0.0516. The highest BCUT2D eigenvalue weighted by atomic mass is 28.3. The lowest BCUT2D eigenvalue weighted by Crippen LogP contribution is -2.26. The van der Waals surface area contributed by atoms with E-state index in [1.54, 1.807) is 29.2 Å². The van der Waals surface area contributed by atoms with Gasteiger partial charge in [0.1, 0.15) is 20.2 Å². The van der Waals surface area contributed by atoms with Gasteiger partial charge in [0.15, 0.2) is 11.5 Å². The van der Waals surface area contributed by atoms with Crippen LogP contribution in [0.1, 0.15) is 12.8 Å². The second-order valence-corrected chi connectivity index (χ2v) is 34.4. The summed E-state index contributed by atoms with van der Waals surface area (Å²) in [5, 5.41) is 9.60. The molecule has 1 fully saturated rings. The van der Waals surface area contributed by atoms with E-state index in [0.717, 1.165) is 31.0 Å². The van der Waals surface area contributed by atoms with Crippen molar-refractivity contribution in [2.24, 2.45) is 0 Å². The van der Waals surface area contributed by atoms with Crippen LogP contribution in [0.2, 0.25) is 77.1 Å². The van der Waals surface area contributed by atoms with Gasteiger partial charge in [-0.1, -0.05) is 58.9 Å². The van der Waals surface area contributed by atoms with Gasteiger partial charge in [-0.3, -0.25) is 4.79 Å². The zero-order valence-electron chi connectivity index (χ0n) is 32.8. The van der Waals surface area contributed by atoms with Crippen LogP contribution in [-0.4, -0.2) is 80.9 Å². The van der Waals surface area contributed by atoms with Crippen molar-refractivity contribution in [1.29, 1.82) is 0 Å². The van der Waals surface area contributed by atoms with Crippen LogP contribution in [-0.2, 0) is 34.4 Å². The first kappa shape index (κ1) is 41.0. The fourth-order valence-electron chi connectivity index (χ4n) is 5.57. The van der Waals surface area contributed by atoms with Gasteiger partial charge in [-0.25, -0.2) is 9.36 Å². The van der Waals surface area contributed by atoms with Gasteiger partial charge < -0.3 is 28.3 Å². The summed E-state index contributed by atoms with van der Waals surface area (Å²) in [7, 11) is -4.02. The average molecular weight is 790 g/mol. The molecule has 1 aliphatic rings. The van der Waals surface area contributed by atoms with Crippen LogP contribution in [0, 0.1) is 0 Å². The largest absolute Gasteiger partial charge is 0.487 e. The molecule has 0 aliphatic heterocycles. The number of hydrogen-bond donors (Lipinski definition) is 0. The number of hydrogen-bond acceptors (Lipinski definition) is 8. The van der Waals surface area contributed by atoms with Crippen LogP contribution >= 0.6 is 0 Å². The molecule has 0 radical (unpaired) electrons. The Morgan fingerprint density at radius 3 is 1.96 bits per heavy atom. The first-order chi connectivity index (χ1) is 24.9. The van der Waals surface area contributed by atoms with Crippen molar-refractivity contribution >= 4 is 35.1 Å². The zero-order valence-corrected chi connectivity index (χ0v) is 35.8. The number of aromatic nitrogens is 5. The Labute approximate surface area is 314 Å². The molecule has 1 saturated carbocycles. The van der Waals surface area contributed by atoms with Crippen LogP contribution in [0.15, 0.2) is 41.6 Å². The smallest absolute Gasteiger partial charge is 0.387 e. The van der Waals surface area contributed by atoms with Crippen molar-refractivity contribution in [3.63, 3.8) is 0 Å². The van der Waals surface area contributed by atoms with Gasteiger partial charge in [0.05, 0.1) is 35.1 Å². The molecule has 0 unspecified atom stereocenters. The van der Waals surface area contributed by atoms with Gasteiger partial charge in [-0.2, -0.15) is 19.0 Å². The summed E-state index contributed by atoms with van der Waals surface area (Å²) in [5.74, 6) is 0.166. The summed E-state index contributed by atoms with van der Waals surface area (Å²) in [6, 6.07) is 7.86. The molecule has 11 nitrogen and oxygen atoms in total. The number of fused-ring (bicyclic) bond motifs is 1. The van der Waals surface area contributed by atoms with Crippen LogP contribution in [0.5, 0.6) is 11.5 Å². The molecule has 292 valence electrons. The van der Waals surface area contributed by atoms with Crippen molar-refractivity contribution in [1.82, 2.24) is 24.1 Å².